The summed E-state index contributed by atoms with van der Waals surface area (Å²) in [7, 11) is 2.17. The first-order valence-corrected chi connectivity index (χ1v) is 8.94. The van der Waals surface area contributed by atoms with Crippen molar-refractivity contribution >= 4 is 17.3 Å². The Morgan fingerprint density at radius 3 is 2.57 bits per heavy atom. The largest absolute Gasteiger partial charge is 0.393 e. The lowest BCUT2D eigenvalue weighted by Gasteiger charge is -2.35. The van der Waals surface area contributed by atoms with Gasteiger partial charge in [-0.2, -0.15) is 0 Å². The van der Waals surface area contributed by atoms with Crippen LogP contribution in [0.3, 0.4) is 0 Å². The first-order valence-electron chi connectivity index (χ1n) is 8.57. The Bertz CT molecular complexity index is 487. The van der Waals surface area contributed by atoms with Gasteiger partial charge in [-0.15, -0.1) is 0 Å². The number of benzene rings is 1. The van der Waals surface area contributed by atoms with Crippen LogP contribution in [0.5, 0.6) is 0 Å². The third kappa shape index (κ3) is 5.64. The van der Waals surface area contributed by atoms with Crippen molar-refractivity contribution < 1.29 is 5.11 Å². The molecule has 5 heteroatoms. The zero-order valence-electron chi connectivity index (χ0n) is 14.6. The number of piperazine rings is 1. The molecule has 130 valence electrons. The zero-order chi connectivity index (χ0) is 16.8. The lowest BCUT2D eigenvalue weighted by Crippen LogP contribution is -2.45. The number of nitrogens with zero attached hydrogens (tertiary/aromatic N) is 2. The Kier molecular flexibility index (Phi) is 7.15. The van der Waals surface area contributed by atoms with Crippen LogP contribution in [0.1, 0.15) is 25.8 Å². The molecule has 1 fully saturated rings. The van der Waals surface area contributed by atoms with Gasteiger partial charge in [0.2, 0.25) is 0 Å². The molecule has 0 amide bonds. The van der Waals surface area contributed by atoms with Crippen LogP contribution >= 0.6 is 11.6 Å². The minimum atomic E-state index is -0.243. The number of hydrogen-bond acceptors (Lipinski definition) is 4. The van der Waals surface area contributed by atoms with E-state index in [2.05, 4.69) is 35.2 Å². The summed E-state index contributed by atoms with van der Waals surface area (Å²) in [4.78, 5) is 4.79. The number of halogens is 1. The zero-order valence-corrected chi connectivity index (χ0v) is 15.3. The molecule has 1 saturated heterocycles. The van der Waals surface area contributed by atoms with E-state index in [1.54, 1.807) is 0 Å². The Hall–Kier alpha value is -0.810. The molecule has 2 unspecified atom stereocenters. The SMILES string of the molecule is CC(O)CC(C)CNCc1c(Cl)cccc1N1CCN(C)CC1. The van der Waals surface area contributed by atoms with E-state index >= 15 is 0 Å². The second kappa shape index (κ2) is 8.88. The van der Waals surface area contributed by atoms with Gasteiger partial charge in [-0.25, -0.2) is 0 Å². The summed E-state index contributed by atoms with van der Waals surface area (Å²) in [5, 5.41) is 13.8. The summed E-state index contributed by atoms with van der Waals surface area (Å²) >= 11 is 6.46. The quantitative estimate of drug-likeness (QED) is 0.801. The molecule has 0 spiro atoms. The van der Waals surface area contributed by atoms with Crippen LogP contribution in [0.25, 0.3) is 0 Å². The van der Waals surface area contributed by atoms with Crippen molar-refractivity contribution in [2.24, 2.45) is 5.92 Å². The average molecular weight is 340 g/mol. The fraction of sp³-hybridized carbons (Fsp3) is 0.667. The van der Waals surface area contributed by atoms with Crippen molar-refractivity contribution in [2.45, 2.75) is 32.9 Å². The van der Waals surface area contributed by atoms with Gasteiger partial charge in [0.05, 0.1) is 6.10 Å². The third-order valence-corrected chi connectivity index (χ3v) is 4.83. The van der Waals surface area contributed by atoms with E-state index in [0.29, 0.717) is 5.92 Å². The van der Waals surface area contributed by atoms with E-state index in [1.807, 2.05) is 19.1 Å². The van der Waals surface area contributed by atoms with E-state index in [0.717, 1.165) is 50.7 Å². The van der Waals surface area contributed by atoms with E-state index < -0.39 is 0 Å². The molecule has 2 atom stereocenters. The van der Waals surface area contributed by atoms with E-state index in [1.165, 1.54) is 11.3 Å². The van der Waals surface area contributed by atoms with Crippen molar-refractivity contribution in [1.29, 1.82) is 0 Å². The molecule has 0 aliphatic carbocycles. The van der Waals surface area contributed by atoms with E-state index in [9.17, 15) is 5.11 Å². The van der Waals surface area contributed by atoms with Gasteiger partial charge in [0.25, 0.3) is 0 Å². The third-order valence-electron chi connectivity index (χ3n) is 4.48. The topological polar surface area (TPSA) is 38.7 Å². The molecule has 2 rings (SSSR count). The number of hydrogen-bond donors (Lipinski definition) is 2. The molecule has 1 aliphatic heterocycles. The van der Waals surface area contributed by atoms with Gasteiger partial charge in [0, 0.05) is 49.0 Å². The Balaban J connectivity index is 1.98. The smallest absolute Gasteiger partial charge is 0.0515 e. The van der Waals surface area contributed by atoms with Crippen LogP contribution in [0.15, 0.2) is 18.2 Å². The van der Waals surface area contributed by atoms with Gasteiger partial charge >= 0.3 is 0 Å². The van der Waals surface area contributed by atoms with Crippen LogP contribution in [-0.2, 0) is 6.54 Å². The molecule has 1 aromatic carbocycles. The molecule has 4 nitrogen and oxygen atoms in total. The Labute approximate surface area is 145 Å². The predicted molar refractivity (Wildman–Crippen MR) is 98.3 cm³/mol. The van der Waals surface area contributed by atoms with Gasteiger partial charge in [-0.05, 0) is 45.0 Å². The fourth-order valence-electron chi connectivity index (χ4n) is 3.18. The highest BCUT2D eigenvalue weighted by Gasteiger charge is 2.18. The van der Waals surface area contributed by atoms with Gasteiger partial charge < -0.3 is 20.2 Å². The van der Waals surface area contributed by atoms with Crippen molar-refractivity contribution in [3.8, 4) is 0 Å². The molecule has 1 aliphatic rings. The second-order valence-electron chi connectivity index (χ2n) is 6.85. The minimum absolute atomic E-state index is 0.243. The van der Waals surface area contributed by atoms with Crippen LogP contribution in [0.2, 0.25) is 5.02 Å². The number of nitrogens with one attached hydrogen (secondary N) is 1. The van der Waals surface area contributed by atoms with Gasteiger partial charge in [0.15, 0.2) is 0 Å². The molecule has 2 N–H and O–H groups in total. The summed E-state index contributed by atoms with van der Waals surface area (Å²) in [6, 6.07) is 6.18. The number of aliphatic hydroxyl groups is 1. The van der Waals surface area contributed by atoms with E-state index in [-0.39, 0.29) is 6.10 Å². The highest BCUT2D eigenvalue weighted by Crippen LogP contribution is 2.28. The second-order valence-corrected chi connectivity index (χ2v) is 7.26. The molecule has 1 heterocycles. The highest BCUT2D eigenvalue weighted by atomic mass is 35.5. The van der Waals surface area contributed by atoms with Gasteiger partial charge in [-0.1, -0.05) is 24.6 Å². The number of likely N-dealkylation sites (N-methyl/N-ethyl adjacent to an activating group) is 1. The number of anilines is 1. The summed E-state index contributed by atoms with van der Waals surface area (Å²) in [6.07, 6.45) is 0.578. The van der Waals surface area contributed by atoms with Crippen LogP contribution in [-0.4, -0.2) is 55.9 Å². The molecule has 0 radical (unpaired) electrons. The Morgan fingerprint density at radius 2 is 1.91 bits per heavy atom. The molecular formula is C18H30ClN3O. The molecule has 0 bridgehead atoms. The van der Waals surface area contributed by atoms with Crippen LogP contribution < -0.4 is 10.2 Å². The summed E-state index contributed by atoms with van der Waals surface area (Å²) in [6.45, 7) is 9.92. The summed E-state index contributed by atoms with van der Waals surface area (Å²) in [5.41, 5.74) is 2.43. The fourth-order valence-corrected chi connectivity index (χ4v) is 3.41. The first-order chi connectivity index (χ1) is 11.0. The van der Waals surface area contributed by atoms with Gasteiger partial charge in [-0.3, -0.25) is 0 Å². The van der Waals surface area contributed by atoms with E-state index in [4.69, 9.17) is 11.6 Å². The molecule has 0 saturated carbocycles. The number of rotatable bonds is 7. The number of aliphatic hydroxyl groups excluding tert-OH is 1. The predicted octanol–water partition coefficient (Wildman–Crippen LogP) is 2.59. The maximum Gasteiger partial charge on any atom is 0.0515 e. The molecule has 1 aromatic rings. The first kappa shape index (κ1) is 18.5. The summed E-state index contributed by atoms with van der Waals surface area (Å²) < 4.78 is 0. The molecule has 0 aromatic heterocycles. The average Bonchev–Trinajstić information content (AvgIpc) is 2.49. The molecular weight excluding hydrogens is 310 g/mol. The van der Waals surface area contributed by atoms with Crippen molar-refractivity contribution in [1.82, 2.24) is 10.2 Å². The van der Waals surface area contributed by atoms with Gasteiger partial charge in [0.1, 0.15) is 0 Å². The van der Waals surface area contributed by atoms with Crippen LogP contribution in [0.4, 0.5) is 5.69 Å². The normalized spacial score (nSPS) is 18.9. The van der Waals surface area contributed by atoms with Crippen molar-refractivity contribution in [3.05, 3.63) is 28.8 Å². The lowest BCUT2D eigenvalue weighted by atomic mass is 10.0. The maximum atomic E-state index is 9.46. The summed E-state index contributed by atoms with van der Waals surface area (Å²) in [5.74, 6) is 0.449. The lowest BCUT2D eigenvalue weighted by molar-refractivity contribution is 0.163. The monoisotopic (exact) mass is 339 g/mol. The Morgan fingerprint density at radius 1 is 1.22 bits per heavy atom. The van der Waals surface area contributed by atoms with Crippen molar-refractivity contribution in [3.63, 3.8) is 0 Å². The molecule has 23 heavy (non-hydrogen) atoms. The highest BCUT2D eigenvalue weighted by molar-refractivity contribution is 6.31. The maximum absolute atomic E-state index is 9.46. The minimum Gasteiger partial charge on any atom is -0.393 e. The standard InChI is InChI=1S/C18H30ClN3O/c1-14(11-15(2)23)12-20-13-16-17(19)5-4-6-18(16)22-9-7-21(3)8-10-22/h4-6,14-15,20,23H,7-13H2,1-3H3. The van der Waals surface area contributed by atoms with Crippen molar-refractivity contribution in [2.75, 3.05) is 44.7 Å². The van der Waals surface area contributed by atoms with Crippen LogP contribution in [0, 0.1) is 5.92 Å².